The number of halogens is 1. The van der Waals surface area contributed by atoms with Crippen LogP contribution in [0.25, 0.3) is 0 Å². The Kier molecular flexibility index (Phi) is 4.29. The molecule has 2 nitrogen and oxygen atoms in total. The monoisotopic (exact) mass is 292 g/mol. The first-order valence-electron chi connectivity index (χ1n) is 7.41. The predicted octanol–water partition coefficient (Wildman–Crippen LogP) is 3.62. The van der Waals surface area contributed by atoms with Crippen LogP contribution < -0.4 is 5.32 Å². The molecule has 1 aliphatic heterocycles. The Morgan fingerprint density at radius 1 is 1.30 bits per heavy atom. The van der Waals surface area contributed by atoms with Crippen LogP contribution in [0.3, 0.4) is 0 Å². The van der Waals surface area contributed by atoms with Crippen molar-refractivity contribution in [3.63, 3.8) is 0 Å². The van der Waals surface area contributed by atoms with Crippen molar-refractivity contribution in [1.82, 2.24) is 5.32 Å². The summed E-state index contributed by atoms with van der Waals surface area (Å²) >= 11 is 1.86. The molecule has 0 unspecified atom stereocenters. The molecule has 0 saturated heterocycles. The summed E-state index contributed by atoms with van der Waals surface area (Å²) in [5.41, 5.74) is 1.53. The number of hydrogen-bond donors (Lipinski definition) is 1. The third kappa shape index (κ3) is 3.35. The summed E-state index contributed by atoms with van der Waals surface area (Å²) in [5, 5.41) is 4.45. The van der Waals surface area contributed by atoms with Crippen molar-refractivity contribution < 1.29 is 4.39 Å². The Labute approximate surface area is 124 Å². The van der Waals surface area contributed by atoms with E-state index in [0.29, 0.717) is 5.41 Å². The molecule has 1 N–H and O–H groups in total. The lowest BCUT2D eigenvalue weighted by Crippen LogP contribution is -2.34. The van der Waals surface area contributed by atoms with Crippen molar-refractivity contribution in [3.05, 3.63) is 35.6 Å². The van der Waals surface area contributed by atoms with E-state index in [2.05, 4.69) is 5.32 Å². The molecule has 4 heteroatoms. The number of nitrogens with one attached hydrogen (secondary N) is 1. The van der Waals surface area contributed by atoms with E-state index in [1.165, 1.54) is 37.5 Å². The van der Waals surface area contributed by atoms with E-state index in [1.54, 1.807) is 12.1 Å². The molecule has 1 aliphatic carbocycles. The predicted molar refractivity (Wildman–Crippen MR) is 83.8 cm³/mol. The summed E-state index contributed by atoms with van der Waals surface area (Å²) in [7, 11) is 0. The van der Waals surface area contributed by atoms with Gasteiger partial charge >= 0.3 is 0 Å². The van der Waals surface area contributed by atoms with E-state index in [-0.39, 0.29) is 5.82 Å². The van der Waals surface area contributed by atoms with Gasteiger partial charge in [0.25, 0.3) is 0 Å². The number of aliphatic imine (C=N–C) groups is 1. The van der Waals surface area contributed by atoms with E-state index < -0.39 is 0 Å². The van der Waals surface area contributed by atoms with Crippen LogP contribution in [-0.2, 0) is 6.42 Å². The van der Waals surface area contributed by atoms with E-state index in [1.807, 2.05) is 17.8 Å². The van der Waals surface area contributed by atoms with Crippen LogP contribution in [0, 0.1) is 11.2 Å². The Hall–Kier alpha value is -1.03. The maximum atomic E-state index is 13.1. The van der Waals surface area contributed by atoms with Crippen LogP contribution in [0.2, 0.25) is 0 Å². The zero-order chi connectivity index (χ0) is 13.8. The summed E-state index contributed by atoms with van der Waals surface area (Å²) in [6, 6.07) is 6.82. The van der Waals surface area contributed by atoms with Gasteiger partial charge in [-0.1, -0.05) is 36.7 Å². The molecule has 108 valence electrons. The molecular formula is C16H21FN2S. The van der Waals surface area contributed by atoms with Gasteiger partial charge in [-0.05, 0) is 42.4 Å². The van der Waals surface area contributed by atoms with E-state index in [0.717, 1.165) is 30.2 Å². The van der Waals surface area contributed by atoms with Crippen LogP contribution in [0.4, 0.5) is 4.39 Å². The smallest absolute Gasteiger partial charge is 0.156 e. The summed E-state index contributed by atoms with van der Waals surface area (Å²) in [6.45, 7) is 1.81. The lowest BCUT2D eigenvalue weighted by atomic mass is 9.89. The highest BCUT2D eigenvalue weighted by molar-refractivity contribution is 8.13. The van der Waals surface area contributed by atoms with Gasteiger partial charge in [-0.15, -0.1) is 0 Å². The fourth-order valence-electron chi connectivity index (χ4n) is 3.09. The first kappa shape index (κ1) is 13.9. The minimum Gasteiger partial charge on any atom is -0.365 e. The van der Waals surface area contributed by atoms with Crippen molar-refractivity contribution in [1.29, 1.82) is 0 Å². The highest BCUT2D eigenvalue weighted by Crippen LogP contribution is 2.43. The Morgan fingerprint density at radius 2 is 2.15 bits per heavy atom. The van der Waals surface area contributed by atoms with Crippen molar-refractivity contribution in [2.24, 2.45) is 10.4 Å². The number of thioether (sulfide) groups is 1. The third-order valence-electron chi connectivity index (χ3n) is 4.32. The average molecular weight is 292 g/mol. The summed E-state index contributed by atoms with van der Waals surface area (Å²) in [6.07, 6.45) is 6.28. The SMILES string of the molecule is Fc1cccc(CCNC2=NCC3(CCCC3)CS2)c1. The molecule has 1 fully saturated rings. The second-order valence-electron chi connectivity index (χ2n) is 5.92. The average Bonchev–Trinajstić information content (AvgIpc) is 2.90. The Bertz CT molecular complexity index is 495. The zero-order valence-electron chi connectivity index (χ0n) is 11.7. The van der Waals surface area contributed by atoms with Gasteiger partial charge in [-0.25, -0.2) is 4.39 Å². The molecule has 0 bridgehead atoms. The minimum absolute atomic E-state index is 0.157. The highest BCUT2D eigenvalue weighted by atomic mass is 32.2. The molecule has 1 saturated carbocycles. The molecule has 20 heavy (non-hydrogen) atoms. The third-order valence-corrected chi connectivity index (χ3v) is 5.62. The van der Waals surface area contributed by atoms with Crippen molar-refractivity contribution in [2.45, 2.75) is 32.1 Å². The van der Waals surface area contributed by atoms with Crippen molar-refractivity contribution in [3.8, 4) is 0 Å². The summed E-state index contributed by atoms with van der Waals surface area (Å²) in [5.74, 6) is 1.05. The number of hydrogen-bond acceptors (Lipinski definition) is 3. The number of amidine groups is 1. The van der Waals surface area contributed by atoms with Crippen molar-refractivity contribution in [2.75, 3.05) is 18.8 Å². The molecule has 1 aromatic rings. The summed E-state index contributed by atoms with van der Waals surface area (Å²) in [4.78, 5) is 4.71. The summed E-state index contributed by atoms with van der Waals surface area (Å²) < 4.78 is 13.1. The van der Waals surface area contributed by atoms with Gasteiger partial charge in [0, 0.05) is 18.8 Å². The highest BCUT2D eigenvalue weighted by Gasteiger charge is 2.36. The molecule has 0 aromatic heterocycles. The lowest BCUT2D eigenvalue weighted by Gasteiger charge is -2.31. The molecule has 0 amide bonds. The van der Waals surface area contributed by atoms with Crippen LogP contribution in [0.15, 0.2) is 29.3 Å². The van der Waals surface area contributed by atoms with E-state index in [9.17, 15) is 4.39 Å². The fourth-order valence-corrected chi connectivity index (χ4v) is 4.28. The van der Waals surface area contributed by atoms with Gasteiger partial charge < -0.3 is 5.32 Å². The maximum absolute atomic E-state index is 13.1. The van der Waals surface area contributed by atoms with Gasteiger partial charge in [0.15, 0.2) is 5.17 Å². The number of rotatable bonds is 3. The van der Waals surface area contributed by atoms with Gasteiger partial charge in [-0.2, -0.15) is 0 Å². The molecule has 1 aromatic carbocycles. The lowest BCUT2D eigenvalue weighted by molar-refractivity contribution is 0.358. The van der Waals surface area contributed by atoms with E-state index in [4.69, 9.17) is 4.99 Å². The van der Waals surface area contributed by atoms with Crippen LogP contribution in [0.5, 0.6) is 0 Å². The fraction of sp³-hybridized carbons (Fsp3) is 0.562. The van der Waals surface area contributed by atoms with Gasteiger partial charge in [0.2, 0.25) is 0 Å². The van der Waals surface area contributed by atoms with Gasteiger partial charge in [0.05, 0.1) is 0 Å². The molecule has 0 radical (unpaired) electrons. The molecule has 2 aliphatic rings. The largest absolute Gasteiger partial charge is 0.365 e. The minimum atomic E-state index is -0.157. The van der Waals surface area contributed by atoms with Crippen LogP contribution in [-0.4, -0.2) is 24.0 Å². The second-order valence-corrected chi connectivity index (χ2v) is 6.89. The number of nitrogens with zero attached hydrogens (tertiary/aromatic N) is 1. The Morgan fingerprint density at radius 3 is 2.85 bits per heavy atom. The zero-order valence-corrected chi connectivity index (χ0v) is 12.5. The second kappa shape index (κ2) is 6.17. The quantitative estimate of drug-likeness (QED) is 0.920. The van der Waals surface area contributed by atoms with Gasteiger partial charge in [0.1, 0.15) is 5.82 Å². The molecule has 3 rings (SSSR count). The normalized spacial score (nSPS) is 20.9. The van der Waals surface area contributed by atoms with Gasteiger partial charge in [-0.3, -0.25) is 4.99 Å². The first-order valence-corrected chi connectivity index (χ1v) is 8.40. The van der Waals surface area contributed by atoms with Crippen LogP contribution >= 0.6 is 11.8 Å². The number of benzene rings is 1. The Balaban J connectivity index is 1.46. The molecule has 0 atom stereocenters. The standard InChI is InChI=1S/C16H21FN2S/c17-14-5-3-4-13(10-14)6-9-18-15-19-11-16(12-20-15)7-1-2-8-16/h3-5,10H,1-2,6-9,11-12H2,(H,18,19). The topological polar surface area (TPSA) is 24.4 Å². The molecular weight excluding hydrogens is 271 g/mol. The molecule has 1 heterocycles. The van der Waals surface area contributed by atoms with Crippen molar-refractivity contribution >= 4 is 16.9 Å². The maximum Gasteiger partial charge on any atom is 0.156 e. The molecule has 1 spiro atoms. The first-order chi connectivity index (χ1) is 9.76. The van der Waals surface area contributed by atoms with Crippen LogP contribution in [0.1, 0.15) is 31.2 Å². The van der Waals surface area contributed by atoms with E-state index >= 15 is 0 Å².